The zero-order valence-electron chi connectivity index (χ0n) is 17.7. The van der Waals surface area contributed by atoms with Gasteiger partial charge in [0, 0.05) is 44.4 Å². The summed E-state index contributed by atoms with van der Waals surface area (Å²) in [5.74, 6) is -0.204. The molecule has 0 saturated carbocycles. The van der Waals surface area contributed by atoms with Crippen LogP contribution in [0.2, 0.25) is 0 Å². The number of methoxy groups -OCH3 is 1. The van der Waals surface area contributed by atoms with Gasteiger partial charge in [-0.15, -0.1) is 0 Å². The fourth-order valence-electron chi connectivity index (χ4n) is 2.28. The number of ether oxygens (including phenoxy) is 3. The van der Waals surface area contributed by atoms with Crippen LogP contribution in [-0.4, -0.2) is 78.4 Å². The van der Waals surface area contributed by atoms with Gasteiger partial charge in [-0.2, -0.15) is 0 Å². The number of nitrogens with zero attached hydrogens (tertiary/aromatic N) is 3. The Hall–Kier alpha value is -2.93. The maximum Gasteiger partial charge on any atom is 0.409 e. The number of carbonyl (C=O) groups is 2. The summed E-state index contributed by atoms with van der Waals surface area (Å²) in [6.45, 7) is 0.898. The smallest absolute Gasteiger partial charge is 0.409 e. The first-order valence-electron chi connectivity index (χ1n) is 9.53. The molecular weight excluding hydrogens is 443 g/mol. The summed E-state index contributed by atoms with van der Waals surface area (Å²) in [6.07, 6.45) is 1.04. The Labute approximate surface area is 189 Å². The summed E-state index contributed by atoms with van der Waals surface area (Å²) in [4.78, 5) is 29.9. The summed E-state index contributed by atoms with van der Waals surface area (Å²) in [5.41, 5.74) is 1.59. The van der Waals surface area contributed by atoms with Gasteiger partial charge < -0.3 is 19.1 Å². The third kappa shape index (κ3) is 9.06. The van der Waals surface area contributed by atoms with Crippen molar-refractivity contribution in [1.29, 1.82) is 0 Å². The first-order valence-corrected chi connectivity index (χ1v) is 10.3. The quantitative estimate of drug-likeness (QED) is 0.210. The number of benzene rings is 1. The van der Waals surface area contributed by atoms with Crippen molar-refractivity contribution >= 4 is 23.9 Å². The summed E-state index contributed by atoms with van der Waals surface area (Å²) < 4.78 is 30.1. The third-order valence-corrected chi connectivity index (χ3v) is 4.96. The summed E-state index contributed by atoms with van der Waals surface area (Å²) >= 11 is 1.22. The van der Waals surface area contributed by atoms with Crippen LogP contribution in [0.15, 0.2) is 47.5 Å². The van der Waals surface area contributed by atoms with E-state index >= 15 is 0 Å². The van der Waals surface area contributed by atoms with Crippen LogP contribution >= 0.6 is 11.9 Å². The van der Waals surface area contributed by atoms with Crippen LogP contribution in [0, 0.1) is 5.82 Å². The predicted molar refractivity (Wildman–Crippen MR) is 114 cm³/mol. The number of aromatic nitrogens is 1. The Morgan fingerprint density at radius 3 is 2.53 bits per heavy atom. The lowest BCUT2D eigenvalue weighted by Gasteiger charge is -2.23. The highest BCUT2D eigenvalue weighted by atomic mass is 32.2. The normalized spacial score (nSPS) is 10.7. The van der Waals surface area contributed by atoms with Gasteiger partial charge in [0.15, 0.2) is 0 Å². The van der Waals surface area contributed by atoms with E-state index < -0.39 is 12.0 Å². The van der Waals surface area contributed by atoms with E-state index in [4.69, 9.17) is 19.4 Å². The molecule has 12 heteroatoms. The number of amides is 2. The number of halogens is 1. The molecule has 0 spiro atoms. The van der Waals surface area contributed by atoms with Crippen molar-refractivity contribution in [3.8, 4) is 11.6 Å². The Balaban J connectivity index is 1.93. The molecule has 0 saturated heterocycles. The zero-order valence-corrected chi connectivity index (χ0v) is 18.5. The average molecular weight is 469 g/mol. The summed E-state index contributed by atoms with van der Waals surface area (Å²) in [5, 5.41) is 8.85. The Morgan fingerprint density at radius 2 is 1.91 bits per heavy atom. The molecule has 1 heterocycles. The zero-order chi connectivity index (χ0) is 23.3. The molecule has 2 rings (SSSR count). The number of likely N-dealkylation sites (N-methyl/N-ethyl adjacent to an activating group) is 1. The molecule has 0 unspecified atom stereocenters. The van der Waals surface area contributed by atoms with Crippen LogP contribution in [0.4, 0.5) is 9.18 Å². The second-order valence-corrected chi connectivity index (χ2v) is 7.58. The molecule has 1 aromatic carbocycles. The molecular formula is C20H25FN4O6S. The molecule has 32 heavy (non-hydrogen) atoms. The summed E-state index contributed by atoms with van der Waals surface area (Å²) in [7, 11) is 3.09. The number of hydrogen-bond donors (Lipinski definition) is 2. The molecule has 0 radical (unpaired) electrons. The maximum atomic E-state index is 13.0. The fraction of sp³-hybridized carbons (Fsp3) is 0.350. The van der Waals surface area contributed by atoms with E-state index in [1.165, 1.54) is 48.2 Å². The van der Waals surface area contributed by atoms with Gasteiger partial charge in [0.25, 0.3) is 5.91 Å². The van der Waals surface area contributed by atoms with Crippen molar-refractivity contribution in [2.45, 2.75) is 4.90 Å². The monoisotopic (exact) mass is 468 g/mol. The van der Waals surface area contributed by atoms with Crippen LogP contribution in [-0.2, 0) is 14.3 Å². The third-order valence-electron chi connectivity index (χ3n) is 3.93. The number of hydrogen-bond acceptors (Lipinski definition) is 9. The van der Waals surface area contributed by atoms with Crippen LogP contribution in [0.25, 0.3) is 0 Å². The lowest BCUT2D eigenvalue weighted by Crippen LogP contribution is -2.38. The lowest BCUT2D eigenvalue weighted by molar-refractivity contribution is -0.129. The van der Waals surface area contributed by atoms with Crippen molar-refractivity contribution in [3.63, 3.8) is 0 Å². The second kappa shape index (κ2) is 13.5. The molecule has 0 atom stereocenters. The topological polar surface area (TPSA) is 113 Å². The molecule has 1 aromatic heterocycles. The van der Waals surface area contributed by atoms with Gasteiger partial charge in [0.2, 0.25) is 5.88 Å². The highest BCUT2D eigenvalue weighted by molar-refractivity contribution is 7.97. The molecule has 0 bridgehead atoms. The van der Waals surface area contributed by atoms with Gasteiger partial charge in [-0.05, 0) is 42.3 Å². The van der Waals surface area contributed by atoms with E-state index in [0.29, 0.717) is 29.7 Å². The van der Waals surface area contributed by atoms with Crippen LogP contribution in [0.3, 0.4) is 0 Å². The van der Waals surface area contributed by atoms with Crippen LogP contribution in [0.5, 0.6) is 11.6 Å². The first kappa shape index (κ1) is 25.3. The molecule has 174 valence electrons. The highest BCUT2D eigenvalue weighted by Gasteiger charge is 2.16. The van der Waals surface area contributed by atoms with E-state index in [2.05, 4.69) is 4.98 Å². The maximum absolute atomic E-state index is 13.0. The van der Waals surface area contributed by atoms with Crippen molar-refractivity contribution in [1.82, 2.24) is 19.7 Å². The van der Waals surface area contributed by atoms with E-state index in [1.807, 2.05) is 0 Å². The van der Waals surface area contributed by atoms with Crippen molar-refractivity contribution < 1.29 is 33.4 Å². The average Bonchev–Trinajstić information content (AvgIpc) is 2.80. The number of nitrogens with one attached hydrogen (secondary N) is 1. The first-order chi connectivity index (χ1) is 15.4. The van der Waals surface area contributed by atoms with E-state index in [-0.39, 0.29) is 25.5 Å². The predicted octanol–water partition coefficient (Wildman–Crippen LogP) is 2.54. The highest BCUT2D eigenvalue weighted by Crippen LogP contribution is 2.25. The lowest BCUT2D eigenvalue weighted by atomic mass is 10.3. The van der Waals surface area contributed by atoms with Gasteiger partial charge in [-0.1, -0.05) is 0 Å². The minimum atomic E-state index is -0.605. The number of hydroxylamine groups is 1. The van der Waals surface area contributed by atoms with E-state index in [1.54, 1.807) is 35.2 Å². The SMILES string of the molecule is COCCOC(=O)N(C)CCN(CC(=O)NO)Sc1ccc(Oc2ccc(F)cc2)nc1. The fourth-order valence-corrected chi connectivity index (χ4v) is 3.16. The minimum Gasteiger partial charge on any atom is -0.447 e. The van der Waals surface area contributed by atoms with E-state index in [0.717, 1.165) is 0 Å². The molecule has 0 aliphatic rings. The van der Waals surface area contributed by atoms with Gasteiger partial charge in [0.05, 0.1) is 13.2 Å². The Bertz CT molecular complexity index is 856. The molecule has 2 aromatic rings. The number of carbonyl (C=O) groups excluding carboxylic acids is 2. The largest absolute Gasteiger partial charge is 0.447 e. The van der Waals surface area contributed by atoms with E-state index in [9.17, 15) is 14.0 Å². The Morgan fingerprint density at radius 1 is 1.16 bits per heavy atom. The van der Waals surface area contributed by atoms with Crippen LogP contribution < -0.4 is 10.2 Å². The molecule has 10 nitrogen and oxygen atoms in total. The van der Waals surface area contributed by atoms with Gasteiger partial charge >= 0.3 is 6.09 Å². The minimum absolute atomic E-state index is 0.123. The second-order valence-electron chi connectivity index (χ2n) is 6.41. The van der Waals surface area contributed by atoms with Crippen molar-refractivity contribution in [2.24, 2.45) is 0 Å². The van der Waals surface area contributed by atoms with Gasteiger partial charge in [0.1, 0.15) is 18.2 Å². The van der Waals surface area contributed by atoms with Gasteiger partial charge in [-0.25, -0.2) is 24.0 Å². The van der Waals surface area contributed by atoms with Crippen molar-refractivity contribution in [3.05, 3.63) is 48.4 Å². The standard InChI is InChI=1S/C20H25FN4O6S/c1-24(20(27)30-12-11-29-2)9-10-25(14-18(26)23-28)32-17-7-8-19(22-13-17)31-16-5-3-15(21)4-6-16/h3-8,13,28H,9-12,14H2,1-2H3,(H,23,26). The summed E-state index contributed by atoms with van der Waals surface area (Å²) in [6, 6.07) is 8.93. The van der Waals surface area contributed by atoms with Crippen molar-refractivity contribution in [2.75, 3.05) is 47.0 Å². The van der Waals surface area contributed by atoms with Gasteiger partial charge in [-0.3, -0.25) is 10.0 Å². The molecule has 0 aliphatic heterocycles. The number of rotatable bonds is 12. The molecule has 0 aliphatic carbocycles. The molecule has 2 N–H and O–H groups in total. The molecule has 0 fully saturated rings. The number of pyridine rings is 1. The van der Waals surface area contributed by atoms with Crippen LogP contribution in [0.1, 0.15) is 0 Å². The molecule has 2 amide bonds. The Kier molecular flexibility index (Phi) is 10.7.